The molecule has 0 spiro atoms. The molecule has 0 unspecified atom stereocenters. The van der Waals surface area contributed by atoms with Gasteiger partial charge in [0.05, 0.1) is 31.7 Å². The molecule has 0 saturated carbocycles. The topological polar surface area (TPSA) is 85.7 Å². The highest BCUT2D eigenvalue weighted by molar-refractivity contribution is 5.81. The quantitative estimate of drug-likeness (QED) is 0.510. The van der Waals surface area contributed by atoms with Crippen molar-refractivity contribution in [3.05, 3.63) is 53.9 Å². The zero-order valence-corrected chi connectivity index (χ0v) is 20.6. The zero-order chi connectivity index (χ0) is 24.6. The summed E-state index contributed by atoms with van der Waals surface area (Å²) < 4.78 is 12.6. The normalized spacial score (nSPS) is 13.9. The number of carbonyl (C=O) groups is 2. The second kappa shape index (κ2) is 11.7. The third-order valence-corrected chi connectivity index (χ3v) is 6.47. The van der Waals surface area contributed by atoms with Crippen LogP contribution in [0.4, 0.5) is 0 Å². The molecule has 3 aromatic rings. The highest BCUT2D eigenvalue weighted by Crippen LogP contribution is 2.27. The monoisotopic (exact) mass is 478 g/mol. The number of amides is 2. The van der Waals surface area contributed by atoms with E-state index < -0.39 is 0 Å². The van der Waals surface area contributed by atoms with Crippen LogP contribution in [0.1, 0.15) is 37.1 Å². The van der Waals surface area contributed by atoms with E-state index >= 15 is 0 Å². The molecule has 186 valence electrons. The number of fused-ring (bicyclic) bond motifs is 1. The van der Waals surface area contributed by atoms with Crippen LogP contribution >= 0.6 is 0 Å². The fourth-order valence-corrected chi connectivity index (χ4v) is 4.60. The maximum Gasteiger partial charge on any atom is 0.242 e. The molecule has 8 nitrogen and oxygen atoms in total. The molecule has 2 heterocycles. The van der Waals surface area contributed by atoms with Crippen molar-refractivity contribution < 1.29 is 19.1 Å². The number of nitrogens with one attached hydrogen (secondary N) is 1. The SMILES string of the molecule is COc1ccc(CC(=O)NCCc2nc3ccccc3n2CC(=O)N2CCCCCC2)cc1OC. The minimum absolute atomic E-state index is 0.0828. The lowest BCUT2D eigenvalue weighted by atomic mass is 10.1. The van der Waals surface area contributed by atoms with Crippen LogP contribution in [0, 0.1) is 0 Å². The number of aromatic nitrogens is 2. The summed E-state index contributed by atoms with van der Waals surface area (Å²) in [7, 11) is 3.16. The minimum atomic E-state index is -0.0828. The highest BCUT2D eigenvalue weighted by Gasteiger charge is 2.19. The van der Waals surface area contributed by atoms with Crippen molar-refractivity contribution in [1.82, 2.24) is 19.8 Å². The van der Waals surface area contributed by atoms with E-state index in [9.17, 15) is 9.59 Å². The van der Waals surface area contributed by atoms with E-state index in [0.717, 1.165) is 48.4 Å². The number of nitrogens with zero attached hydrogens (tertiary/aromatic N) is 3. The lowest BCUT2D eigenvalue weighted by Gasteiger charge is -2.21. The number of benzene rings is 2. The van der Waals surface area contributed by atoms with Gasteiger partial charge in [0.25, 0.3) is 0 Å². The van der Waals surface area contributed by atoms with Gasteiger partial charge in [0.15, 0.2) is 11.5 Å². The Kier molecular flexibility index (Phi) is 8.23. The Hall–Kier alpha value is -3.55. The van der Waals surface area contributed by atoms with Gasteiger partial charge in [-0.2, -0.15) is 0 Å². The third-order valence-electron chi connectivity index (χ3n) is 6.47. The Morgan fingerprint density at radius 2 is 1.71 bits per heavy atom. The van der Waals surface area contributed by atoms with Crippen molar-refractivity contribution in [2.45, 2.75) is 45.1 Å². The lowest BCUT2D eigenvalue weighted by Crippen LogP contribution is -2.35. The standard InChI is InChI=1S/C27H34N4O4/c1-34-23-12-11-20(17-24(23)35-2)18-26(32)28-14-13-25-29-21-9-5-6-10-22(21)31(25)19-27(33)30-15-7-3-4-8-16-30/h5-6,9-12,17H,3-4,7-8,13-16,18-19H2,1-2H3,(H,28,32). The molecule has 0 atom stereocenters. The first-order valence-electron chi connectivity index (χ1n) is 12.3. The second-order valence-electron chi connectivity index (χ2n) is 8.86. The van der Waals surface area contributed by atoms with Crippen LogP contribution in [0.3, 0.4) is 0 Å². The molecule has 1 saturated heterocycles. The van der Waals surface area contributed by atoms with Crippen LogP contribution in [0.2, 0.25) is 0 Å². The van der Waals surface area contributed by atoms with Gasteiger partial charge >= 0.3 is 0 Å². The van der Waals surface area contributed by atoms with Crippen LogP contribution in [-0.4, -0.2) is 60.1 Å². The molecular formula is C27H34N4O4. The molecule has 1 aliphatic rings. The number of methoxy groups -OCH3 is 2. The molecule has 2 aromatic carbocycles. The summed E-state index contributed by atoms with van der Waals surface area (Å²) in [6.45, 7) is 2.36. The summed E-state index contributed by atoms with van der Waals surface area (Å²) >= 11 is 0. The van der Waals surface area contributed by atoms with Crippen molar-refractivity contribution in [3.63, 3.8) is 0 Å². The number of rotatable bonds is 9. The van der Waals surface area contributed by atoms with Crippen molar-refractivity contribution >= 4 is 22.8 Å². The first-order chi connectivity index (χ1) is 17.1. The Bertz CT molecular complexity index is 1170. The van der Waals surface area contributed by atoms with Crippen LogP contribution in [0.15, 0.2) is 42.5 Å². The predicted molar refractivity (Wildman–Crippen MR) is 135 cm³/mol. The van der Waals surface area contributed by atoms with E-state index in [0.29, 0.717) is 24.5 Å². The van der Waals surface area contributed by atoms with E-state index in [1.165, 1.54) is 12.8 Å². The fourth-order valence-electron chi connectivity index (χ4n) is 4.60. The van der Waals surface area contributed by atoms with Gasteiger partial charge in [-0.25, -0.2) is 4.98 Å². The maximum atomic E-state index is 13.1. The molecule has 0 aliphatic carbocycles. The molecule has 1 N–H and O–H groups in total. The van der Waals surface area contributed by atoms with Gasteiger partial charge in [0.2, 0.25) is 11.8 Å². The largest absolute Gasteiger partial charge is 0.493 e. The van der Waals surface area contributed by atoms with E-state index in [1.807, 2.05) is 45.9 Å². The van der Waals surface area contributed by atoms with Crippen LogP contribution < -0.4 is 14.8 Å². The van der Waals surface area contributed by atoms with E-state index in [-0.39, 0.29) is 24.8 Å². The molecule has 4 rings (SSSR count). The highest BCUT2D eigenvalue weighted by atomic mass is 16.5. The average Bonchev–Trinajstić information content (AvgIpc) is 3.02. The fraction of sp³-hybridized carbons (Fsp3) is 0.444. The molecule has 1 fully saturated rings. The molecule has 35 heavy (non-hydrogen) atoms. The van der Waals surface area contributed by atoms with Gasteiger partial charge in [-0.3, -0.25) is 9.59 Å². The number of hydrogen-bond donors (Lipinski definition) is 1. The number of para-hydroxylation sites is 2. The Morgan fingerprint density at radius 3 is 2.46 bits per heavy atom. The van der Waals surface area contributed by atoms with Crippen molar-refractivity contribution in [1.29, 1.82) is 0 Å². The number of imidazole rings is 1. The van der Waals surface area contributed by atoms with Crippen molar-refractivity contribution in [3.8, 4) is 11.5 Å². The molecule has 8 heteroatoms. The number of hydrogen-bond acceptors (Lipinski definition) is 5. The second-order valence-corrected chi connectivity index (χ2v) is 8.86. The summed E-state index contributed by atoms with van der Waals surface area (Å²) in [4.78, 5) is 32.4. The van der Waals surface area contributed by atoms with Gasteiger partial charge in [0, 0.05) is 26.1 Å². The molecule has 0 bridgehead atoms. The summed E-state index contributed by atoms with van der Waals surface area (Å²) in [6, 6.07) is 13.3. The minimum Gasteiger partial charge on any atom is -0.493 e. The summed E-state index contributed by atoms with van der Waals surface area (Å²) in [5, 5.41) is 2.98. The Balaban J connectivity index is 1.40. The third kappa shape index (κ3) is 6.12. The van der Waals surface area contributed by atoms with E-state index in [1.54, 1.807) is 20.3 Å². The van der Waals surface area contributed by atoms with Crippen molar-refractivity contribution in [2.75, 3.05) is 33.9 Å². The van der Waals surface area contributed by atoms with Gasteiger partial charge < -0.3 is 24.3 Å². The van der Waals surface area contributed by atoms with Gasteiger partial charge in [-0.1, -0.05) is 31.0 Å². The van der Waals surface area contributed by atoms with Gasteiger partial charge in [-0.15, -0.1) is 0 Å². The Labute approximate surface area is 206 Å². The molecule has 1 aliphatic heterocycles. The lowest BCUT2D eigenvalue weighted by molar-refractivity contribution is -0.131. The van der Waals surface area contributed by atoms with Gasteiger partial charge in [-0.05, 0) is 42.7 Å². The summed E-state index contributed by atoms with van der Waals surface area (Å²) in [6.07, 6.45) is 5.28. The van der Waals surface area contributed by atoms with E-state index in [2.05, 4.69) is 5.32 Å². The smallest absolute Gasteiger partial charge is 0.242 e. The molecule has 0 radical (unpaired) electrons. The molecule has 2 amide bonds. The molecule has 1 aromatic heterocycles. The number of likely N-dealkylation sites (tertiary alicyclic amines) is 1. The summed E-state index contributed by atoms with van der Waals surface area (Å²) in [5.74, 6) is 2.08. The van der Waals surface area contributed by atoms with Crippen LogP contribution in [-0.2, 0) is 29.0 Å². The maximum absolute atomic E-state index is 13.1. The first-order valence-corrected chi connectivity index (χ1v) is 12.3. The van der Waals surface area contributed by atoms with Crippen LogP contribution in [0.5, 0.6) is 11.5 Å². The van der Waals surface area contributed by atoms with E-state index in [4.69, 9.17) is 14.5 Å². The number of carbonyl (C=O) groups excluding carboxylic acids is 2. The Morgan fingerprint density at radius 1 is 0.971 bits per heavy atom. The number of ether oxygens (including phenoxy) is 2. The van der Waals surface area contributed by atoms with Crippen molar-refractivity contribution in [2.24, 2.45) is 0 Å². The van der Waals surface area contributed by atoms with Gasteiger partial charge in [0.1, 0.15) is 12.4 Å². The van der Waals surface area contributed by atoms with Crippen LogP contribution in [0.25, 0.3) is 11.0 Å². The summed E-state index contributed by atoms with van der Waals surface area (Å²) in [5.41, 5.74) is 2.65. The zero-order valence-electron chi connectivity index (χ0n) is 20.6. The predicted octanol–water partition coefficient (Wildman–Crippen LogP) is 3.36. The molecular weight excluding hydrogens is 444 g/mol. The first kappa shape index (κ1) is 24.6. The average molecular weight is 479 g/mol.